The van der Waals surface area contributed by atoms with Gasteiger partial charge in [0.1, 0.15) is 0 Å². The van der Waals surface area contributed by atoms with Gasteiger partial charge in [-0.1, -0.05) is 23.8 Å². The van der Waals surface area contributed by atoms with Gasteiger partial charge in [0.2, 0.25) is 10.0 Å². The summed E-state index contributed by atoms with van der Waals surface area (Å²) in [5.74, 6) is 1.25. The number of rotatable bonds is 5. The van der Waals surface area contributed by atoms with Gasteiger partial charge in [-0.2, -0.15) is 4.31 Å². The Labute approximate surface area is 162 Å². The zero-order valence-corrected chi connectivity index (χ0v) is 17.4. The molecule has 5 nitrogen and oxygen atoms in total. The van der Waals surface area contributed by atoms with Crippen molar-refractivity contribution in [1.82, 2.24) is 4.31 Å². The molecule has 1 aliphatic rings. The third-order valence-corrected chi connectivity index (χ3v) is 7.38. The highest BCUT2D eigenvalue weighted by Crippen LogP contribution is 2.40. The van der Waals surface area contributed by atoms with Crippen LogP contribution in [0.4, 0.5) is 0 Å². The molecule has 146 valence electrons. The molecule has 1 aliphatic heterocycles. The molecule has 1 fully saturated rings. The van der Waals surface area contributed by atoms with Crippen LogP contribution in [-0.2, 0) is 10.0 Å². The lowest BCUT2D eigenvalue weighted by Crippen LogP contribution is -2.31. The largest absolute Gasteiger partial charge is 0.493 e. The van der Waals surface area contributed by atoms with Gasteiger partial charge >= 0.3 is 0 Å². The van der Waals surface area contributed by atoms with E-state index in [1.165, 1.54) is 0 Å². The topological polar surface area (TPSA) is 55.8 Å². The summed E-state index contributed by atoms with van der Waals surface area (Å²) >= 11 is 0. The van der Waals surface area contributed by atoms with Crippen molar-refractivity contribution in [3.63, 3.8) is 0 Å². The number of sulfonamides is 1. The van der Waals surface area contributed by atoms with Crippen LogP contribution in [0.1, 0.15) is 41.1 Å². The minimum atomic E-state index is -3.59. The van der Waals surface area contributed by atoms with Gasteiger partial charge < -0.3 is 9.47 Å². The van der Waals surface area contributed by atoms with E-state index >= 15 is 0 Å². The highest BCUT2D eigenvalue weighted by molar-refractivity contribution is 7.89. The van der Waals surface area contributed by atoms with E-state index in [0.29, 0.717) is 22.9 Å². The third-order valence-electron chi connectivity index (χ3n) is 5.17. The molecule has 6 heteroatoms. The van der Waals surface area contributed by atoms with Crippen molar-refractivity contribution in [1.29, 1.82) is 0 Å². The second-order valence-electron chi connectivity index (χ2n) is 7.12. The molecule has 0 saturated carbocycles. The van der Waals surface area contributed by atoms with Crippen LogP contribution in [0.5, 0.6) is 11.5 Å². The first-order valence-electron chi connectivity index (χ1n) is 9.11. The number of benzene rings is 2. The van der Waals surface area contributed by atoms with E-state index in [4.69, 9.17) is 9.47 Å². The van der Waals surface area contributed by atoms with Crippen molar-refractivity contribution in [2.24, 2.45) is 0 Å². The molecule has 0 bridgehead atoms. The first-order valence-corrected chi connectivity index (χ1v) is 10.5. The van der Waals surface area contributed by atoms with Crippen molar-refractivity contribution in [2.45, 2.75) is 44.6 Å². The minimum absolute atomic E-state index is 0.199. The highest BCUT2D eigenvalue weighted by atomic mass is 32.2. The first kappa shape index (κ1) is 19.7. The predicted octanol–water partition coefficient (Wildman–Crippen LogP) is 4.15. The average molecular weight is 390 g/mol. The van der Waals surface area contributed by atoms with Crippen LogP contribution in [0.25, 0.3) is 0 Å². The molecule has 1 atom stereocenters. The SMILES string of the molecule is COc1ccc([C@@H]2CCCN2S(=O)(=O)c2c(C)cc(C)cc2C)cc1OC. The minimum Gasteiger partial charge on any atom is -0.493 e. The summed E-state index contributed by atoms with van der Waals surface area (Å²) in [6.07, 6.45) is 1.63. The second-order valence-corrected chi connectivity index (χ2v) is 8.94. The van der Waals surface area contributed by atoms with E-state index in [1.54, 1.807) is 18.5 Å². The maximum absolute atomic E-state index is 13.5. The van der Waals surface area contributed by atoms with Gasteiger partial charge in [-0.3, -0.25) is 0 Å². The van der Waals surface area contributed by atoms with Gasteiger partial charge in [-0.25, -0.2) is 8.42 Å². The van der Waals surface area contributed by atoms with Gasteiger partial charge in [-0.15, -0.1) is 0 Å². The van der Waals surface area contributed by atoms with Crippen LogP contribution in [0.2, 0.25) is 0 Å². The number of hydrogen-bond donors (Lipinski definition) is 0. The van der Waals surface area contributed by atoms with Crippen molar-refractivity contribution >= 4 is 10.0 Å². The molecule has 0 unspecified atom stereocenters. The third kappa shape index (κ3) is 3.56. The second kappa shape index (κ2) is 7.52. The normalized spacial score (nSPS) is 17.9. The molecule has 0 aromatic heterocycles. The lowest BCUT2D eigenvalue weighted by atomic mass is 10.0. The Morgan fingerprint density at radius 3 is 2.19 bits per heavy atom. The van der Waals surface area contributed by atoms with Crippen molar-refractivity contribution in [3.8, 4) is 11.5 Å². The van der Waals surface area contributed by atoms with Gasteiger partial charge in [-0.05, 0) is 62.4 Å². The molecule has 2 aromatic carbocycles. The molecule has 0 radical (unpaired) electrons. The van der Waals surface area contributed by atoms with Crippen LogP contribution in [0, 0.1) is 20.8 Å². The van der Waals surface area contributed by atoms with Crippen molar-refractivity contribution < 1.29 is 17.9 Å². The Kier molecular flexibility index (Phi) is 5.49. The number of methoxy groups -OCH3 is 2. The molecule has 1 saturated heterocycles. The molecule has 3 rings (SSSR count). The van der Waals surface area contributed by atoms with Gasteiger partial charge in [0.05, 0.1) is 25.2 Å². The molecular weight excluding hydrogens is 362 g/mol. The molecule has 0 spiro atoms. The Morgan fingerprint density at radius 1 is 0.963 bits per heavy atom. The van der Waals surface area contributed by atoms with E-state index in [9.17, 15) is 8.42 Å². The molecule has 0 N–H and O–H groups in total. The molecule has 0 aliphatic carbocycles. The van der Waals surface area contributed by atoms with Crippen molar-refractivity contribution in [3.05, 3.63) is 52.6 Å². The van der Waals surface area contributed by atoms with Gasteiger partial charge in [0, 0.05) is 6.54 Å². The van der Waals surface area contributed by atoms with Gasteiger partial charge in [0.25, 0.3) is 0 Å². The fourth-order valence-electron chi connectivity index (χ4n) is 4.11. The van der Waals surface area contributed by atoms with E-state index in [0.717, 1.165) is 35.1 Å². The first-order chi connectivity index (χ1) is 12.8. The summed E-state index contributed by atoms with van der Waals surface area (Å²) in [7, 11) is -0.411. The summed E-state index contributed by atoms with van der Waals surface area (Å²) in [5, 5.41) is 0. The smallest absolute Gasteiger partial charge is 0.244 e. The summed E-state index contributed by atoms with van der Waals surface area (Å²) < 4.78 is 39.4. The lowest BCUT2D eigenvalue weighted by molar-refractivity contribution is 0.351. The number of nitrogens with zero attached hydrogens (tertiary/aromatic N) is 1. The summed E-state index contributed by atoms with van der Waals surface area (Å²) in [5.41, 5.74) is 3.59. The van der Waals surface area contributed by atoms with Crippen LogP contribution < -0.4 is 9.47 Å². The van der Waals surface area contributed by atoms with Crippen molar-refractivity contribution in [2.75, 3.05) is 20.8 Å². The quantitative estimate of drug-likeness (QED) is 0.771. The highest BCUT2D eigenvalue weighted by Gasteiger charge is 2.38. The van der Waals surface area contributed by atoms with E-state index in [-0.39, 0.29) is 6.04 Å². The van der Waals surface area contributed by atoms with E-state index in [2.05, 4.69) is 0 Å². The number of ether oxygens (including phenoxy) is 2. The van der Waals surface area contributed by atoms with Crippen LogP contribution in [0.15, 0.2) is 35.2 Å². The Balaban J connectivity index is 2.04. The Hall–Kier alpha value is -2.05. The van der Waals surface area contributed by atoms with Crippen LogP contribution in [-0.4, -0.2) is 33.5 Å². The monoisotopic (exact) mass is 389 g/mol. The molecule has 0 amide bonds. The zero-order valence-electron chi connectivity index (χ0n) is 16.6. The molecular formula is C21H27NO4S. The summed E-state index contributed by atoms with van der Waals surface area (Å²) in [6.45, 7) is 6.25. The average Bonchev–Trinajstić information content (AvgIpc) is 3.10. The fraction of sp³-hybridized carbons (Fsp3) is 0.429. The van der Waals surface area contributed by atoms with Gasteiger partial charge in [0.15, 0.2) is 11.5 Å². The molecule has 27 heavy (non-hydrogen) atoms. The molecule has 1 heterocycles. The standard InChI is InChI=1S/C21H27NO4S/c1-14-11-15(2)21(16(3)12-14)27(23,24)22-10-6-7-18(22)17-8-9-19(25-4)20(13-17)26-5/h8-9,11-13,18H,6-7,10H2,1-5H3/t18-/m0/s1. The van der Waals surface area contributed by atoms with E-state index in [1.807, 2.05) is 51.1 Å². The maximum atomic E-state index is 13.5. The molecule has 2 aromatic rings. The Morgan fingerprint density at radius 2 is 1.59 bits per heavy atom. The summed E-state index contributed by atoms with van der Waals surface area (Å²) in [6, 6.07) is 9.30. The summed E-state index contributed by atoms with van der Waals surface area (Å²) in [4.78, 5) is 0.431. The Bertz CT molecular complexity index is 930. The predicted molar refractivity (Wildman–Crippen MR) is 106 cm³/mol. The zero-order chi connectivity index (χ0) is 19.8. The number of hydrogen-bond acceptors (Lipinski definition) is 4. The lowest BCUT2D eigenvalue weighted by Gasteiger charge is -2.26. The number of aryl methyl sites for hydroxylation is 3. The maximum Gasteiger partial charge on any atom is 0.244 e. The van der Waals surface area contributed by atoms with Crippen LogP contribution in [0.3, 0.4) is 0 Å². The van der Waals surface area contributed by atoms with E-state index < -0.39 is 10.0 Å². The van der Waals surface area contributed by atoms with Crippen LogP contribution >= 0.6 is 0 Å². The fourth-order valence-corrected chi connectivity index (χ4v) is 6.21.